The molecule has 0 radical (unpaired) electrons. The van der Waals surface area contributed by atoms with Crippen molar-refractivity contribution in [1.29, 1.82) is 0 Å². The number of carbonyl (C=O) groups is 1. The Bertz CT molecular complexity index is 1460. The third kappa shape index (κ3) is 6.65. The third-order valence-electron chi connectivity index (χ3n) is 4.71. The molecule has 3 aromatic rings. The van der Waals surface area contributed by atoms with Crippen molar-refractivity contribution in [3.63, 3.8) is 0 Å². The molecular formula is C22H21Cl2FN4O5S2. The highest BCUT2D eigenvalue weighted by Gasteiger charge is 2.29. The summed E-state index contributed by atoms with van der Waals surface area (Å²) in [6.07, 6.45) is 0. The second-order valence-electron chi connectivity index (χ2n) is 7.58. The predicted octanol–water partition coefficient (Wildman–Crippen LogP) is 4.18. The van der Waals surface area contributed by atoms with Crippen LogP contribution in [-0.2, 0) is 25.0 Å². The minimum Gasteiger partial charge on any atom is -0.325 e. The minimum absolute atomic E-state index is 0.111. The monoisotopic (exact) mass is 574 g/mol. The first kappa shape index (κ1) is 27.7. The minimum atomic E-state index is -4.20. The third-order valence-corrected chi connectivity index (χ3v) is 8.35. The van der Waals surface area contributed by atoms with Crippen LogP contribution in [0.15, 0.2) is 71.6 Å². The highest BCUT2D eigenvalue weighted by molar-refractivity contribution is 7.92. The van der Waals surface area contributed by atoms with Gasteiger partial charge in [0.1, 0.15) is 12.4 Å². The van der Waals surface area contributed by atoms with Gasteiger partial charge in [-0.1, -0.05) is 35.3 Å². The van der Waals surface area contributed by atoms with Gasteiger partial charge in [-0.2, -0.15) is 12.7 Å². The molecule has 0 spiro atoms. The van der Waals surface area contributed by atoms with Gasteiger partial charge in [0.2, 0.25) is 5.91 Å². The van der Waals surface area contributed by atoms with E-state index in [0.717, 1.165) is 10.4 Å². The molecule has 2 N–H and O–H groups in total. The average molecular weight is 575 g/mol. The second-order valence-corrected chi connectivity index (χ2v) is 12.2. The Morgan fingerprint density at radius 3 is 2.03 bits per heavy atom. The Hall–Kier alpha value is -2.90. The number of anilines is 3. The number of sulfonamides is 1. The molecule has 0 bridgehead atoms. The summed E-state index contributed by atoms with van der Waals surface area (Å²) in [5.74, 6) is -1.59. The Morgan fingerprint density at radius 1 is 0.889 bits per heavy atom. The molecule has 3 rings (SSSR count). The summed E-state index contributed by atoms with van der Waals surface area (Å²) in [7, 11) is -5.69. The normalized spacial score (nSPS) is 11.8. The number of nitrogens with one attached hydrogen (secondary N) is 2. The molecule has 0 aliphatic carbocycles. The lowest BCUT2D eigenvalue weighted by atomic mass is 10.3. The molecule has 192 valence electrons. The molecular weight excluding hydrogens is 554 g/mol. The molecule has 0 aromatic heterocycles. The lowest BCUT2D eigenvalue weighted by molar-refractivity contribution is -0.114. The number of amides is 1. The summed E-state index contributed by atoms with van der Waals surface area (Å²) < 4.78 is 69.0. The summed E-state index contributed by atoms with van der Waals surface area (Å²) >= 11 is 11.8. The Kier molecular flexibility index (Phi) is 8.47. The van der Waals surface area contributed by atoms with E-state index in [-0.39, 0.29) is 32.0 Å². The van der Waals surface area contributed by atoms with Gasteiger partial charge in [-0.25, -0.2) is 17.1 Å². The van der Waals surface area contributed by atoms with E-state index in [1.807, 2.05) is 0 Å². The second kappa shape index (κ2) is 11.0. The van der Waals surface area contributed by atoms with Gasteiger partial charge in [-0.15, -0.1) is 0 Å². The number of carbonyl (C=O) groups excluding carboxylic acids is 1. The highest BCUT2D eigenvalue weighted by Crippen LogP contribution is 2.26. The van der Waals surface area contributed by atoms with Gasteiger partial charge < -0.3 is 5.32 Å². The first-order valence-corrected chi connectivity index (χ1v) is 13.8. The van der Waals surface area contributed by atoms with Crippen molar-refractivity contribution in [2.24, 2.45) is 0 Å². The Labute approximate surface area is 218 Å². The van der Waals surface area contributed by atoms with Crippen LogP contribution in [0.3, 0.4) is 0 Å². The van der Waals surface area contributed by atoms with Gasteiger partial charge in [0, 0.05) is 29.8 Å². The molecule has 36 heavy (non-hydrogen) atoms. The summed E-state index contributed by atoms with van der Waals surface area (Å²) in [4.78, 5) is 12.5. The standard InChI is InChI=1S/C22H21Cl2FN4O5S2/c1-28(2)36(33,34)29(21-6-4-3-5-20(21)25)14-22(30)26-17-7-9-19(10-8-17)35(31,32)27-18-12-15(23)11-16(24)13-18/h3-13,27H,14H2,1-2H3,(H,26,30). The van der Waals surface area contributed by atoms with E-state index in [1.165, 1.54) is 74.8 Å². The van der Waals surface area contributed by atoms with Crippen LogP contribution in [0.25, 0.3) is 0 Å². The molecule has 0 heterocycles. The summed E-state index contributed by atoms with van der Waals surface area (Å²) in [5, 5.41) is 2.98. The number of halogens is 3. The maximum atomic E-state index is 14.3. The zero-order valence-corrected chi connectivity index (χ0v) is 22.1. The quantitative estimate of drug-likeness (QED) is 0.397. The van der Waals surface area contributed by atoms with E-state index in [1.54, 1.807) is 0 Å². The topological polar surface area (TPSA) is 116 Å². The molecule has 0 saturated heterocycles. The largest absolute Gasteiger partial charge is 0.325 e. The van der Waals surface area contributed by atoms with Crippen molar-refractivity contribution >= 4 is 66.4 Å². The summed E-state index contributed by atoms with van der Waals surface area (Å²) in [5.41, 5.74) is 0.0654. The molecule has 0 unspecified atom stereocenters. The number of rotatable bonds is 9. The van der Waals surface area contributed by atoms with E-state index in [9.17, 15) is 26.0 Å². The van der Waals surface area contributed by atoms with Crippen molar-refractivity contribution < 1.29 is 26.0 Å². The van der Waals surface area contributed by atoms with Crippen LogP contribution in [0.1, 0.15) is 0 Å². The lowest BCUT2D eigenvalue weighted by Gasteiger charge is -2.27. The fourth-order valence-corrected chi connectivity index (χ4v) is 5.66. The van der Waals surface area contributed by atoms with Crippen LogP contribution in [0.5, 0.6) is 0 Å². The molecule has 0 aliphatic heterocycles. The van der Waals surface area contributed by atoms with Gasteiger partial charge in [0.15, 0.2) is 0 Å². The zero-order valence-electron chi connectivity index (χ0n) is 18.9. The number of benzene rings is 3. The van der Waals surface area contributed by atoms with Gasteiger partial charge in [-0.3, -0.25) is 9.52 Å². The Morgan fingerprint density at radius 2 is 1.47 bits per heavy atom. The molecule has 0 atom stereocenters. The van der Waals surface area contributed by atoms with E-state index in [2.05, 4.69) is 10.0 Å². The van der Waals surface area contributed by atoms with Crippen molar-refractivity contribution in [3.8, 4) is 0 Å². The van der Waals surface area contributed by atoms with Gasteiger partial charge in [0.25, 0.3) is 10.0 Å². The highest BCUT2D eigenvalue weighted by atomic mass is 35.5. The smallest absolute Gasteiger partial charge is 0.304 e. The van der Waals surface area contributed by atoms with E-state index in [0.29, 0.717) is 4.31 Å². The average Bonchev–Trinajstić information content (AvgIpc) is 2.77. The van der Waals surface area contributed by atoms with Crippen LogP contribution < -0.4 is 14.3 Å². The van der Waals surface area contributed by atoms with E-state index < -0.39 is 38.5 Å². The number of para-hydroxylation sites is 1. The van der Waals surface area contributed by atoms with Crippen molar-refractivity contribution in [1.82, 2.24) is 4.31 Å². The van der Waals surface area contributed by atoms with Crippen molar-refractivity contribution in [2.75, 3.05) is 35.0 Å². The molecule has 0 aliphatic rings. The SMILES string of the molecule is CN(C)S(=O)(=O)N(CC(=O)Nc1ccc(S(=O)(=O)Nc2cc(Cl)cc(Cl)c2)cc1)c1ccccc1F. The fourth-order valence-electron chi connectivity index (χ4n) is 3.02. The molecule has 0 fully saturated rings. The molecule has 0 saturated carbocycles. The van der Waals surface area contributed by atoms with E-state index in [4.69, 9.17) is 23.2 Å². The van der Waals surface area contributed by atoms with Crippen LogP contribution >= 0.6 is 23.2 Å². The number of nitrogens with zero attached hydrogens (tertiary/aromatic N) is 2. The Balaban J connectivity index is 1.77. The summed E-state index contributed by atoms with van der Waals surface area (Å²) in [6.45, 7) is -0.724. The van der Waals surface area contributed by atoms with Crippen LogP contribution in [-0.4, -0.2) is 47.7 Å². The fraction of sp³-hybridized carbons (Fsp3) is 0.136. The van der Waals surface area contributed by atoms with Crippen LogP contribution in [0, 0.1) is 5.82 Å². The first-order chi connectivity index (χ1) is 16.8. The number of hydrogen-bond acceptors (Lipinski definition) is 5. The molecule has 14 heteroatoms. The lowest BCUT2D eigenvalue weighted by Crippen LogP contribution is -2.44. The van der Waals surface area contributed by atoms with Crippen molar-refractivity contribution in [2.45, 2.75) is 4.90 Å². The summed E-state index contributed by atoms with van der Waals surface area (Å²) in [6, 6.07) is 14.5. The maximum Gasteiger partial charge on any atom is 0.304 e. The predicted molar refractivity (Wildman–Crippen MR) is 139 cm³/mol. The van der Waals surface area contributed by atoms with Crippen LogP contribution in [0.2, 0.25) is 10.0 Å². The van der Waals surface area contributed by atoms with Crippen molar-refractivity contribution in [3.05, 3.63) is 82.6 Å². The molecule has 1 amide bonds. The number of hydrogen-bond donors (Lipinski definition) is 2. The first-order valence-electron chi connectivity index (χ1n) is 10.1. The molecule has 3 aromatic carbocycles. The zero-order chi connectivity index (χ0) is 26.7. The molecule has 9 nitrogen and oxygen atoms in total. The van der Waals surface area contributed by atoms with E-state index >= 15 is 0 Å². The van der Waals surface area contributed by atoms with Gasteiger partial charge >= 0.3 is 10.2 Å². The van der Waals surface area contributed by atoms with Crippen LogP contribution in [0.4, 0.5) is 21.5 Å². The van der Waals surface area contributed by atoms with Gasteiger partial charge in [0.05, 0.1) is 16.3 Å². The maximum absolute atomic E-state index is 14.3. The van der Waals surface area contributed by atoms with Gasteiger partial charge in [-0.05, 0) is 54.6 Å².